The SMILES string of the molecule is CP(C)(=O)c1ccccc1Nc1nc(Nc2ccc3c(c2)S(=O)(=O)C=C3)ncc1Cl. The summed E-state index contributed by atoms with van der Waals surface area (Å²) in [6, 6.07) is 12.3. The molecular weight excluding hydrogens is 443 g/mol. The van der Waals surface area contributed by atoms with Crippen LogP contribution in [-0.4, -0.2) is 31.7 Å². The maximum Gasteiger partial charge on any atom is 0.229 e. The van der Waals surface area contributed by atoms with E-state index in [-0.39, 0.29) is 15.9 Å². The molecule has 10 heteroatoms. The lowest BCUT2D eigenvalue weighted by atomic mass is 10.2. The molecule has 0 fully saturated rings. The van der Waals surface area contributed by atoms with Crippen molar-refractivity contribution in [3.8, 4) is 0 Å². The van der Waals surface area contributed by atoms with Crippen LogP contribution in [0.15, 0.2) is 59.0 Å². The molecule has 2 N–H and O–H groups in total. The van der Waals surface area contributed by atoms with Crippen LogP contribution in [0.25, 0.3) is 6.08 Å². The number of anilines is 4. The van der Waals surface area contributed by atoms with Gasteiger partial charge in [0.1, 0.15) is 12.2 Å². The van der Waals surface area contributed by atoms with E-state index in [1.165, 1.54) is 17.7 Å². The predicted octanol–water partition coefficient (Wildman–Crippen LogP) is 4.62. The first-order valence-electron chi connectivity index (χ1n) is 8.92. The van der Waals surface area contributed by atoms with E-state index in [2.05, 4.69) is 20.6 Å². The van der Waals surface area contributed by atoms with E-state index in [4.69, 9.17) is 11.6 Å². The highest BCUT2D eigenvalue weighted by Gasteiger charge is 2.21. The summed E-state index contributed by atoms with van der Waals surface area (Å²) in [6.45, 7) is 3.39. The molecule has 0 radical (unpaired) electrons. The maximum absolute atomic E-state index is 12.6. The number of para-hydroxylation sites is 1. The molecule has 0 saturated heterocycles. The van der Waals surface area contributed by atoms with Crippen molar-refractivity contribution >= 4 is 63.1 Å². The third kappa shape index (κ3) is 4.12. The van der Waals surface area contributed by atoms with Crippen LogP contribution in [0.4, 0.5) is 23.1 Å². The zero-order chi connectivity index (χ0) is 21.5. The number of fused-ring (bicyclic) bond motifs is 1. The summed E-state index contributed by atoms with van der Waals surface area (Å²) in [7, 11) is -5.94. The van der Waals surface area contributed by atoms with Crippen LogP contribution < -0.4 is 15.9 Å². The molecule has 0 amide bonds. The largest absolute Gasteiger partial charge is 0.338 e. The number of halogens is 1. The van der Waals surface area contributed by atoms with Crippen molar-refractivity contribution in [1.29, 1.82) is 0 Å². The van der Waals surface area contributed by atoms with E-state index >= 15 is 0 Å². The molecule has 1 aliphatic heterocycles. The molecule has 154 valence electrons. The van der Waals surface area contributed by atoms with Crippen molar-refractivity contribution in [2.24, 2.45) is 0 Å². The maximum atomic E-state index is 12.6. The molecule has 2 aromatic carbocycles. The van der Waals surface area contributed by atoms with Gasteiger partial charge in [-0.1, -0.05) is 29.8 Å². The van der Waals surface area contributed by atoms with Gasteiger partial charge in [-0.15, -0.1) is 0 Å². The number of nitrogens with one attached hydrogen (secondary N) is 2. The molecule has 0 saturated carbocycles. The molecular formula is C20H18ClN4O3PS. The van der Waals surface area contributed by atoms with Crippen LogP contribution in [-0.2, 0) is 14.4 Å². The monoisotopic (exact) mass is 460 g/mol. The van der Waals surface area contributed by atoms with Crippen LogP contribution in [0, 0.1) is 0 Å². The van der Waals surface area contributed by atoms with Gasteiger partial charge in [0.15, 0.2) is 5.82 Å². The van der Waals surface area contributed by atoms with Gasteiger partial charge in [0.2, 0.25) is 15.8 Å². The third-order valence-electron chi connectivity index (χ3n) is 4.48. The van der Waals surface area contributed by atoms with E-state index in [1.54, 1.807) is 43.7 Å². The second-order valence-electron chi connectivity index (χ2n) is 7.11. The molecule has 2 heterocycles. The number of sulfone groups is 1. The summed E-state index contributed by atoms with van der Waals surface area (Å²) in [5.74, 6) is 0.573. The number of hydrogen-bond donors (Lipinski definition) is 2. The molecule has 4 rings (SSSR count). The van der Waals surface area contributed by atoms with Crippen LogP contribution in [0.5, 0.6) is 0 Å². The van der Waals surface area contributed by atoms with Crippen LogP contribution in [0.2, 0.25) is 5.02 Å². The zero-order valence-corrected chi connectivity index (χ0v) is 18.6. The second kappa shape index (κ2) is 7.54. The first-order valence-corrected chi connectivity index (χ1v) is 13.4. The molecule has 0 spiro atoms. The Morgan fingerprint density at radius 3 is 2.60 bits per heavy atom. The Balaban J connectivity index is 1.64. The molecule has 0 atom stereocenters. The highest BCUT2D eigenvalue weighted by Crippen LogP contribution is 2.38. The van der Waals surface area contributed by atoms with E-state index in [0.29, 0.717) is 28.1 Å². The van der Waals surface area contributed by atoms with Gasteiger partial charge >= 0.3 is 0 Å². The van der Waals surface area contributed by atoms with E-state index in [0.717, 1.165) is 0 Å². The summed E-state index contributed by atoms with van der Waals surface area (Å²) >= 11 is 6.26. The lowest BCUT2D eigenvalue weighted by molar-refractivity contribution is 0.588. The van der Waals surface area contributed by atoms with Gasteiger partial charge in [-0.25, -0.2) is 13.4 Å². The standard InChI is InChI=1S/C20H18ClN4O3PS/c1-29(2,26)17-6-4-3-5-16(17)24-19-15(21)12-22-20(25-19)23-14-8-7-13-9-10-30(27,28)18(13)11-14/h3-12H,1-2H3,(H2,22,23,24,25). The minimum absolute atomic E-state index is 0.232. The van der Waals surface area contributed by atoms with E-state index in [1.807, 2.05) is 12.1 Å². The fourth-order valence-corrected chi connectivity index (χ4v) is 5.58. The van der Waals surface area contributed by atoms with Crippen LogP contribution >= 0.6 is 18.7 Å². The molecule has 0 bridgehead atoms. The van der Waals surface area contributed by atoms with Gasteiger partial charge < -0.3 is 15.2 Å². The second-order valence-corrected chi connectivity index (χ2v) is 12.5. The minimum Gasteiger partial charge on any atom is -0.338 e. The smallest absolute Gasteiger partial charge is 0.229 e. The normalized spacial score (nSPS) is 14.4. The van der Waals surface area contributed by atoms with Gasteiger partial charge in [-0.2, -0.15) is 4.98 Å². The van der Waals surface area contributed by atoms with Gasteiger partial charge in [0, 0.05) is 16.4 Å². The Morgan fingerprint density at radius 2 is 1.83 bits per heavy atom. The first kappa shape index (κ1) is 20.6. The lowest BCUT2D eigenvalue weighted by Gasteiger charge is -2.16. The molecule has 30 heavy (non-hydrogen) atoms. The third-order valence-corrected chi connectivity index (χ3v) is 7.77. The fourth-order valence-electron chi connectivity index (χ4n) is 3.05. The number of benzene rings is 2. The number of rotatable bonds is 5. The van der Waals surface area contributed by atoms with Crippen LogP contribution in [0.3, 0.4) is 0 Å². The number of nitrogens with zero attached hydrogens (tertiary/aromatic N) is 2. The Kier molecular flexibility index (Phi) is 5.18. The average molecular weight is 461 g/mol. The molecule has 7 nitrogen and oxygen atoms in total. The summed E-state index contributed by atoms with van der Waals surface area (Å²) in [6.07, 6.45) is 3.00. The van der Waals surface area contributed by atoms with Crippen LogP contribution in [0.1, 0.15) is 5.56 Å². The number of hydrogen-bond acceptors (Lipinski definition) is 7. The number of aromatic nitrogens is 2. The van der Waals surface area contributed by atoms with Crippen molar-refractivity contribution in [3.63, 3.8) is 0 Å². The molecule has 0 unspecified atom stereocenters. The molecule has 3 aromatic rings. The zero-order valence-electron chi connectivity index (χ0n) is 16.1. The Hall–Kier alpha value is -2.67. The van der Waals surface area contributed by atoms with Gasteiger partial charge in [0.05, 0.1) is 16.8 Å². The quantitative estimate of drug-likeness (QED) is 0.535. The van der Waals surface area contributed by atoms with Crippen molar-refractivity contribution in [2.75, 3.05) is 24.0 Å². The summed E-state index contributed by atoms with van der Waals surface area (Å²) in [5, 5.41) is 8.28. The Labute approximate surface area is 179 Å². The Bertz CT molecular complexity index is 1340. The topological polar surface area (TPSA) is 101 Å². The fraction of sp³-hybridized carbons (Fsp3) is 0.100. The predicted molar refractivity (Wildman–Crippen MR) is 122 cm³/mol. The average Bonchev–Trinajstić information content (AvgIpc) is 2.99. The van der Waals surface area contributed by atoms with Gasteiger partial charge in [0.25, 0.3) is 0 Å². The van der Waals surface area contributed by atoms with Gasteiger partial charge in [-0.3, -0.25) is 0 Å². The van der Waals surface area contributed by atoms with E-state index in [9.17, 15) is 13.0 Å². The van der Waals surface area contributed by atoms with Crippen molar-refractivity contribution < 1.29 is 13.0 Å². The molecule has 1 aromatic heterocycles. The summed E-state index contributed by atoms with van der Waals surface area (Å²) < 4.78 is 36.7. The summed E-state index contributed by atoms with van der Waals surface area (Å²) in [4.78, 5) is 8.79. The highest BCUT2D eigenvalue weighted by molar-refractivity contribution is 7.94. The van der Waals surface area contributed by atoms with Crippen molar-refractivity contribution in [3.05, 3.63) is 64.7 Å². The van der Waals surface area contributed by atoms with E-state index < -0.39 is 17.0 Å². The summed E-state index contributed by atoms with van der Waals surface area (Å²) in [5.41, 5.74) is 1.81. The van der Waals surface area contributed by atoms with Crippen molar-refractivity contribution in [1.82, 2.24) is 9.97 Å². The highest BCUT2D eigenvalue weighted by atomic mass is 35.5. The molecule has 0 aliphatic carbocycles. The van der Waals surface area contributed by atoms with Gasteiger partial charge in [-0.05, 0) is 49.2 Å². The lowest BCUT2D eigenvalue weighted by Crippen LogP contribution is -2.11. The van der Waals surface area contributed by atoms with Crippen molar-refractivity contribution in [2.45, 2.75) is 4.90 Å². The first-order chi connectivity index (χ1) is 14.1. The minimum atomic E-state index is -3.42. The Morgan fingerprint density at radius 1 is 1.07 bits per heavy atom. The molecule has 1 aliphatic rings.